The Morgan fingerprint density at radius 2 is 1.81 bits per heavy atom. The number of fused-ring (bicyclic) bond motifs is 2. The summed E-state index contributed by atoms with van der Waals surface area (Å²) in [7, 11) is 1.20. The Balaban J connectivity index is 1.37. The van der Waals surface area contributed by atoms with E-state index in [0.29, 0.717) is 34.8 Å². The fourth-order valence-electron chi connectivity index (χ4n) is 5.41. The largest absolute Gasteiger partial charge is 0.453 e. The highest BCUT2D eigenvalue weighted by Gasteiger charge is 2.49. The number of amides is 5. The summed E-state index contributed by atoms with van der Waals surface area (Å²) in [5.41, 5.74) is 0.301. The van der Waals surface area contributed by atoms with Crippen LogP contribution in [0.5, 0.6) is 0 Å². The minimum atomic E-state index is -3.01. The van der Waals surface area contributed by atoms with Gasteiger partial charge in [-0.15, -0.1) is 0 Å². The van der Waals surface area contributed by atoms with Crippen LogP contribution in [0.1, 0.15) is 35.2 Å². The molecule has 2 fully saturated rings. The van der Waals surface area contributed by atoms with Crippen molar-refractivity contribution in [2.45, 2.75) is 36.8 Å². The number of likely N-dealkylation sites (tertiary alicyclic amines) is 2. The molecule has 3 aliphatic rings. The minimum absolute atomic E-state index is 0.0805. The Bertz CT molecular complexity index is 1470. The summed E-state index contributed by atoms with van der Waals surface area (Å²) >= 11 is 6.23. The normalized spacial score (nSPS) is 21.0. The SMILES string of the molecule is COC(=O)Nc1ccc(C(=O)N[C@@H](CC(=O)N2CC(F)(F)C2)C(=O)N2CCCC3(C2)OC(=O)Nc2ccc(Cl)cc23)cc1. The highest BCUT2D eigenvalue weighted by atomic mass is 35.5. The van der Waals surface area contributed by atoms with Gasteiger partial charge in [0.2, 0.25) is 11.8 Å². The number of alkyl halides is 2. The lowest BCUT2D eigenvalue weighted by molar-refractivity contribution is -0.167. The second-order valence-corrected chi connectivity index (χ2v) is 11.0. The van der Waals surface area contributed by atoms with Gasteiger partial charge in [-0.05, 0) is 55.3 Å². The lowest BCUT2D eigenvalue weighted by Crippen LogP contribution is -2.61. The molecule has 2 aromatic carbocycles. The summed E-state index contributed by atoms with van der Waals surface area (Å²) in [6.45, 7) is -1.40. The maximum absolute atomic E-state index is 13.9. The van der Waals surface area contributed by atoms with Gasteiger partial charge < -0.3 is 24.6 Å². The molecular formula is C28H28ClF2N5O7. The number of carbonyl (C=O) groups excluding carboxylic acids is 5. The summed E-state index contributed by atoms with van der Waals surface area (Å²) in [6.07, 6.45) is -1.15. The molecule has 2 aromatic rings. The Morgan fingerprint density at radius 3 is 2.49 bits per heavy atom. The van der Waals surface area contributed by atoms with E-state index in [2.05, 4.69) is 20.7 Å². The first kappa shape index (κ1) is 30.0. The average Bonchev–Trinajstić information content (AvgIpc) is 2.95. The monoisotopic (exact) mass is 619 g/mol. The van der Waals surface area contributed by atoms with E-state index >= 15 is 0 Å². The van der Waals surface area contributed by atoms with Gasteiger partial charge >= 0.3 is 12.2 Å². The van der Waals surface area contributed by atoms with Crippen LogP contribution in [0.15, 0.2) is 42.5 Å². The Hall–Kier alpha value is -4.46. The number of hydrogen-bond acceptors (Lipinski definition) is 7. The summed E-state index contributed by atoms with van der Waals surface area (Å²) in [5, 5.41) is 8.04. The zero-order valence-corrected chi connectivity index (χ0v) is 23.7. The number of halogens is 3. The lowest BCUT2D eigenvalue weighted by atomic mass is 9.83. The van der Waals surface area contributed by atoms with Crippen molar-refractivity contribution in [3.8, 4) is 0 Å². The van der Waals surface area contributed by atoms with Crippen LogP contribution in [-0.4, -0.2) is 85.0 Å². The molecule has 2 atom stereocenters. The van der Waals surface area contributed by atoms with E-state index in [-0.39, 0.29) is 18.7 Å². The molecule has 1 unspecified atom stereocenters. The maximum Gasteiger partial charge on any atom is 0.412 e. The third kappa shape index (κ3) is 6.48. The predicted molar refractivity (Wildman–Crippen MR) is 149 cm³/mol. The molecule has 0 saturated carbocycles. The number of piperidine rings is 1. The molecule has 3 aliphatic heterocycles. The molecule has 0 radical (unpaired) electrons. The van der Waals surface area contributed by atoms with Crippen LogP contribution in [0.4, 0.5) is 29.7 Å². The van der Waals surface area contributed by atoms with Crippen LogP contribution in [0, 0.1) is 0 Å². The highest BCUT2D eigenvalue weighted by Crippen LogP contribution is 2.43. The number of anilines is 2. The minimum Gasteiger partial charge on any atom is -0.453 e. The summed E-state index contributed by atoms with van der Waals surface area (Å²) in [4.78, 5) is 66.1. The van der Waals surface area contributed by atoms with E-state index in [1.54, 1.807) is 18.2 Å². The van der Waals surface area contributed by atoms with Crippen LogP contribution in [-0.2, 0) is 24.7 Å². The van der Waals surface area contributed by atoms with Crippen LogP contribution < -0.4 is 16.0 Å². The molecule has 12 nitrogen and oxygen atoms in total. The fourth-order valence-corrected chi connectivity index (χ4v) is 5.58. The maximum atomic E-state index is 13.9. The van der Waals surface area contributed by atoms with Gasteiger partial charge in [0, 0.05) is 28.4 Å². The third-order valence-electron chi connectivity index (χ3n) is 7.52. The number of ether oxygens (including phenoxy) is 2. The molecule has 2 saturated heterocycles. The van der Waals surface area contributed by atoms with Gasteiger partial charge in [-0.3, -0.25) is 25.0 Å². The van der Waals surface area contributed by atoms with E-state index < -0.39 is 67.0 Å². The first-order valence-electron chi connectivity index (χ1n) is 13.4. The Kier molecular flexibility index (Phi) is 8.14. The van der Waals surface area contributed by atoms with Crippen molar-refractivity contribution in [1.82, 2.24) is 15.1 Å². The zero-order chi connectivity index (χ0) is 30.9. The van der Waals surface area contributed by atoms with Gasteiger partial charge in [-0.1, -0.05) is 11.6 Å². The van der Waals surface area contributed by atoms with E-state index in [4.69, 9.17) is 16.3 Å². The van der Waals surface area contributed by atoms with Gasteiger partial charge in [-0.25, -0.2) is 18.4 Å². The first-order chi connectivity index (χ1) is 20.4. The van der Waals surface area contributed by atoms with Crippen LogP contribution in [0.25, 0.3) is 0 Å². The number of carbonyl (C=O) groups is 5. The quantitative estimate of drug-likeness (QED) is 0.448. The Labute approximate surface area is 249 Å². The fraction of sp³-hybridized carbons (Fsp3) is 0.393. The summed E-state index contributed by atoms with van der Waals surface area (Å²) in [6, 6.07) is 9.16. The molecule has 1 spiro atoms. The van der Waals surface area contributed by atoms with Crippen molar-refractivity contribution in [2.75, 3.05) is 43.9 Å². The van der Waals surface area contributed by atoms with Crippen molar-refractivity contribution in [1.29, 1.82) is 0 Å². The van der Waals surface area contributed by atoms with E-state index in [1.165, 1.54) is 36.3 Å². The molecular weight excluding hydrogens is 592 g/mol. The lowest BCUT2D eigenvalue weighted by Gasteiger charge is -2.46. The van der Waals surface area contributed by atoms with Crippen molar-refractivity contribution in [3.63, 3.8) is 0 Å². The van der Waals surface area contributed by atoms with E-state index in [0.717, 1.165) is 4.90 Å². The van der Waals surface area contributed by atoms with Crippen LogP contribution in [0.2, 0.25) is 5.02 Å². The van der Waals surface area contributed by atoms with Gasteiger partial charge in [0.1, 0.15) is 6.04 Å². The van der Waals surface area contributed by atoms with Gasteiger partial charge in [0.15, 0.2) is 5.60 Å². The molecule has 3 N–H and O–H groups in total. The average molecular weight is 620 g/mol. The van der Waals surface area contributed by atoms with Crippen molar-refractivity contribution in [3.05, 3.63) is 58.6 Å². The van der Waals surface area contributed by atoms with Gasteiger partial charge in [0.05, 0.1) is 38.9 Å². The standard InChI is InChI=1S/C28H28ClF2N5O7/c1-42-25(40)32-18-6-3-16(4-7-18)23(38)33-21(12-22(37)36-14-28(30,31)15-36)24(39)35-10-2-9-27(13-35)19-11-17(29)5-8-20(19)34-26(41)43-27/h3-8,11,21H,2,9-10,12-15H2,1H3,(H,32,40)(H,33,38)(H,34,41)/t21-,27?/m0/s1. The van der Waals surface area contributed by atoms with E-state index in [1.807, 2.05) is 0 Å². The van der Waals surface area contributed by atoms with Crippen LogP contribution >= 0.6 is 11.6 Å². The second-order valence-electron chi connectivity index (χ2n) is 10.6. The zero-order valence-electron chi connectivity index (χ0n) is 23.0. The molecule has 0 bridgehead atoms. The van der Waals surface area contributed by atoms with Crippen molar-refractivity contribution >= 4 is 52.9 Å². The number of benzene rings is 2. The number of nitrogens with zero attached hydrogens (tertiary/aromatic N) is 2. The number of hydrogen-bond donors (Lipinski definition) is 3. The third-order valence-corrected chi connectivity index (χ3v) is 7.76. The van der Waals surface area contributed by atoms with Gasteiger partial charge in [0.25, 0.3) is 11.8 Å². The predicted octanol–water partition coefficient (Wildman–Crippen LogP) is 3.56. The van der Waals surface area contributed by atoms with Crippen LogP contribution in [0.3, 0.4) is 0 Å². The Morgan fingerprint density at radius 1 is 1.09 bits per heavy atom. The molecule has 0 aromatic heterocycles. The van der Waals surface area contributed by atoms with Crippen molar-refractivity contribution in [2.24, 2.45) is 0 Å². The molecule has 5 amide bonds. The summed E-state index contributed by atoms with van der Waals surface area (Å²) < 4.78 is 37.2. The summed E-state index contributed by atoms with van der Waals surface area (Å²) in [5.74, 6) is -5.08. The molecule has 228 valence electrons. The topological polar surface area (TPSA) is 146 Å². The number of methoxy groups -OCH3 is 1. The number of rotatable bonds is 6. The smallest absolute Gasteiger partial charge is 0.412 e. The molecule has 15 heteroatoms. The first-order valence-corrected chi connectivity index (χ1v) is 13.8. The number of nitrogens with one attached hydrogen (secondary N) is 3. The molecule has 43 heavy (non-hydrogen) atoms. The van der Waals surface area contributed by atoms with Gasteiger partial charge in [-0.2, -0.15) is 0 Å². The molecule has 5 rings (SSSR count). The van der Waals surface area contributed by atoms with Crippen molar-refractivity contribution < 1.29 is 42.2 Å². The molecule has 3 heterocycles. The molecule has 0 aliphatic carbocycles. The van der Waals surface area contributed by atoms with E-state index in [9.17, 15) is 32.8 Å². The highest BCUT2D eigenvalue weighted by molar-refractivity contribution is 6.30. The second kappa shape index (κ2) is 11.7.